The highest BCUT2D eigenvalue weighted by atomic mass is 16.5. The Morgan fingerprint density at radius 3 is 2.58 bits per heavy atom. The molecule has 1 aliphatic rings. The summed E-state index contributed by atoms with van der Waals surface area (Å²) in [5, 5.41) is 7.24. The summed E-state index contributed by atoms with van der Waals surface area (Å²) in [7, 11) is 0. The van der Waals surface area contributed by atoms with Crippen LogP contribution in [0, 0.1) is 6.92 Å². The van der Waals surface area contributed by atoms with Crippen LogP contribution in [-0.2, 0) is 12.1 Å². The number of ether oxygens (including phenoxy) is 2. The molecule has 0 radical (unpaired) electrons. The van der Waals surface area contributed by atoms with Gasteiger partial charge in [0, 0.05) is 24.9 Å². The molecule has 0 saturated heterocycles. The Kier molecular flexibility index (Phi) is 6.16. The lowest BCUT2D eigenvalue weighted by Gasteiger charge is -2.27. The zero-order valence-corrected chi connectivity index (χ0v) is 17.8. The van der Waals surface area contributed by atoms with Crippen LogP contribution in [0.2, 0.25) is 0 Å². The van der Waals surface area contributed by atoms with Crippen LogP contribution in [0.5, 0.6) is 11.5 Å². The number of amides is 1. The zero-order chi connectivity index (χ0) is 21.7. The molecule has 4 rings (SSSR count). The quantitative estimate of drug-likeness (QED) is 0.587. The predicted octanol–water partition coefficient (Wildman–Crippen LogP) is 3.95. The van der Waals surface area contributed by atoms with E-state index in [1.165, 1.54) is 0 Å². The number of carbonyl (C=O) groups excluding carboxylic acids is 1. The molecular formula is C23H26N4O4. The van der Waals surface area contributed by atoms with Gasteiger partial charge < -0.3 is 19.3 Å². The highest BCUT2D eigenvalue weighted by Crippen LogP contribution is 2.38. The van der Waals surface area contributed by atoms with Crippen LogP contribution < -0.4 is 14.8 Å². The van der Waals surface area contributed by atoms with Gasteiger partial charge in [0.05, 0.1) is 6.61 Å². The highest BCUT2D eigenvalue weighted by molar-refractivity contribution is 5.95. The van der Waals surface area contributed by atoms with Gasteiger partial charge in [-0.25, -0.2) is 0 Å². The highest BCUT2D eigenvalue weighted by Gasteiger charge is 2.41. The number of benzene rings is 1. The molecule has 8 heteroatoms. The molecule has 0 aliphatic heterocycles. The third-order valence-corrected chi connectivity index (χ3v) is 5.41. The Labute approximate surface area is 181 Å². The number of nitrogens with zero attached hydrogens (tertiary/aromatic N) is 3. The fraction of sp³-hybridized carbons (Fsp3) is 0.391. The SMILES string of the molecule is CCOc1cc(C(=O)NC2(c3noc(C)n3)CCCC2)ccc1OCc1ccncc1. The van der Waals surface area contributed by atoms with E-state index >= 15 is 0 Å². The Balaban J connectivity index is 1.53. The van der Waals surface area contributed by atoms with Gasteiger partial charge in [0.1, 0.15) is 12.1 Å². The molecule has 0 atom stereocenters. The minimum Gasteiger partial charge on any atom is -0.490 e. The topological polar surface area (TPSA) is 99.4 Å². The molecule has 1 N–H and O–H groups in total. The summed E-state index contributed by atoms with van der Waals surface area (Å²) in [6, 6.07) is 9.00. The van der Waals surface area contributed by atoms with Gasteiger partial charge in [-0.3, -0.25) is 9.78 Å². The van der Waals surface area contributed by atoms with Crippen molar-refractivity contribution in [3.63, 3.8) is 0 Å². The Morgan fingerprint density at radius 1 is 1.13 bits per heavy atom. The summed E-state index contributed by atoms with van der Waals surface area (Å²) in [5.41, 5.74) is 0.890. The van der Waals surface area contributed by atoms with Gasteiger partial charge in [0.25, 0.3) is 5.91 Å². The average Bonchev–Trinajstić information content (AvgIpc) is 3.43. The van der Waals surface area contributed by atoms with E-state index in [9.17, 15) is 4.79 Å². The summed E-state index contributed by atoms with van der Waals surface area (Å²) in [4.78, 5) is 21.5. The number of pyridine rings is 1. The molecular weight excluding hydrogens is 396 g/mol. The van der Waals surface area contributed by atoms with E-state index in [1.54, 1.807) is 37.5 Å². The zero-order valence-electron chi connectivity index (χ0n) is 17.8. The van der Waals surface area contributed by atoms with Crippen molar-refractivity contribution in [3.05, 3.63) is 65.6 Å². The first-order chi connectivity index (χ1) is 15.1. The van der Waals surface area contributed by atoms with E-state index in [0.29, 0.717) is 42.0 Å². The van der Waals surface area contributed by atoms with Crippen LogP contribution in [0.1, 0.15) is 60.2 Å². The predicted molar refractivity (Wildman–Crippen MR) is 113 cm³/mol. The van der Waals surface area contributed by atoms with Crippen LogP contribution >= 0.6 is 0 Å². The number of carbonyl (C=O) groups is 1. The van der Waals surface area contributed by atoms with Gasteiger partial charge in [0.15, 0.2) is 17.3 Å². The van der Waals surface area contributed by atoms with Crippen molar-refractivity contribution in [3.8, 4) is 11.5 Å². The molecule has 8 nitrogen and oxygen atoms in total. The summed E-state index contributed by atoms with van der Waals surface area (Å²) in [6.07, 6.45) is 7.01. The minimum atomic E-state index is -0.600. The van der Waals surface area contributed by atoms with E-state index in [-0.39, 0.29) is 5.91 Å². The molecule has 2 heterocycles. The number of hydrogen-bond donors (Lipinski definition) is 1. The van der Waals surface area contributed by atoms with Gasteiger partial charge in [-0.15, -0.1) is 0 Å². The van der Waals surface area contributed by atoms with Gasteiger partial charge >= 0.3 is 0 Å². The molecule has 1 saturated carbocycles. The van der Waals surface area contributed by atoms with E-state index in [0.717, 1.165) is 31.2 Å². The molecule has 1 amide bonds. The second kappa shape index (κ2) is 9.16. The third-order valence-electron chi connectivity index (χ3n) is 5.41. The fourth-order valence-electron chi connectivity index (χ4n) is 3.84. The normalized spacial score (nSPS) is 14.9. The van der Waals surface area contributed by atoms with Crippen molar-refractivity contribution < 1.29 is 18.8 Å². The summed E-state index contributed by atoms with van der Waals surface area (Å²) in [6.45, 7) is 4.49. The van der Waals surface area contributed by atoms with Crippen LogP contribution in [-0.4, -0.2) is 27.6 Å². The van der Waals surface area contributed by atoms with Crippen molar-refractivity contribution in [2.75, 3.05) is 6.61 Å². The molecule has 1 aliphatic carbocycles. The number of hydrogen-bond acceptors (Lipinski definition) is 7. The largest absolute Gasteiger partial charge is 0.490 e. The molecule has 31 heavy (non-hydrogen) atoms. The number of nitrogens with one attached hydrogen (secondary N) is 1. The first-order valence-corrected chi connectivity index (χ1v) is 10.5. The van der Waals surface area contributed by atoms with Crippen molar-refractivity contribution >= 4 is 5.91 Å². The number of rotatable bonds is 8. The average molecular weight is 422 g/mol. The van der Waals surface area contributed by atoms with Gasteiger partial charge in [-0.05, 0) is 55.7 Å². The van der Waals surface area contributed by atoms with E-state index < -0.39 is 5.54 Å². The molecule has 1 fully saturated rings. The Bertz CT molecular complexity index is 1030. The molecule has 0 bridgehead atoms. The second-order valence-corrected chi connectivity index (χ2v) is 7.62. The van der Waals surface area contributed by atoms with Crippen LogP contribution in [0.15, 0.2) is 47.2 Å². The lowest BCUT2D eigenvalue weighted by atomic mass is 9.96. The Morgan fingerprint density at radius 2 is 1.90 bits per heavy atom. The summed E-state index contributed by atoms with van der Waals surface area (Å²) < 4.78 is 16.8. The first-order valence-electron chi connectivity index (χ1n) is 10.5. The molecule has 0 spiro atoms. The summed E-state index contributed by atoms with van der Waals surface area (Å²) >= 11 is 0. The van der Waals surface area contributed by atoms with Gasteiger partial charge in [0.2, 0.25) is 5.89 Å². The maximum atomic E-state index is 13.1. The van der Waals surface area contributed by atoms with E-state index in [1.807, 2.05) is 19.1 Å². The van der Waals surface area contributed by atoms with E-state index in [2.05, 4.69) is 20.4 Å². The molecule has 0 unspecified atom stereocenters. The van der Waals surface area contributed by atoms with Crippen molar-refractivity contribution in [1.82, 2.24) is 20.4 Å². The minimum absolute atomic E-state index is 0.203. The maximum Gasteiger partial charge on any atom is 0.252 e. The lowest BCUT2D eigenvalue weighted by Crippen LogP contribution is -2.44. The molecule has 2 aromatic heterocycles. The standard InChI is InChI=1S/C23H26N4O4/c1-3-29-20-14-18(6-7-19(20)30-15-17-8-12-24-13-9-17)21(28)26-23(10-4-5-11-23)22-25-16(2)31-27-22/h6-9,12-14H,3-5,10-11,15H2,1-2H3,(H,26,28). The molecule has 162 valence electrons. The van der Waals surface area contributed by atoms with Gasteiger partial charge in [-0.2, -0.15) is 4.98 Å². The monoisotopic (exact) mass is 422 g/mol. The summed E-state index contributed by atoms with van der Waals surface area (Å²) in [5.74, 6) is 1.94. The van der Waals surface area contributed by atoms with Gasteiger partial charge in [-0.1, -0.05) is 18.0 Å². The fourth-order valence-corrected chi connectivity index (χ4v) is 3.84. The smallest absolute Gasteiger partial charge is 0.252 e. The molecule has 3 aromatic rings. The lowest BCUT2D eigenvalue weighted by molar-refractivity contribution is 0.0891. The van der Waals surface area contributed by atoms with Crippen LogP contribution in [0.4, 0.5) is 0 Å². The van der Waals surface area contributed by atoms with Crippen molar-refractivity contribution in [2.45, 2.75) is 51.7 Å². The van der Waals surface area contributed by atoms with Crippen LogP contribution in [0.25, 0.3) is 0 Å². The first kappa shape index (κ1) is 20.8. The number of aromatic nitrogens is 3. The van der Waals surface area contributed by atoms with Crippen molar-refractivity contribution in [1.29, 1.82) is 0 Å². The molecule has 1 aromatic carbocycles. The van der Waals surface area contributed by atoms with Crippen LogP contribution in [0.3, 0.4) is 0 Å². The second-order valence-electron chi connectivity index (χ2n) is 7.62. The van der Waals surface area contributed by atoms with Crippen molar-refractivity contribution in [2.24, 2.45) is 0 Å². The maximum absolute atomic E-state index is 13.1. The third kappa shape index (κ3) is 4.68. The van der Waals surface area contributed by atoms with E-state index in [4.69, 9.17) is 14.0 Å². The number of aryl methyl sites for hydroxylation is 1. The Hall–Kier alpha value is -3.42.